The van der Waals surface area contributed by atoms with Gasteiger partial charge in [-0.1, -0.05) is 12.1 Å². The van der Waals surface area contributed by atoms with E-state index in [1.54, 1.807) is 0 Å². The lowest BCUT2D eigenvalue weighted by Crippen LogP contribution is -2.07. The molecule has 1 aliphatic rings. The molecule has 0 heterocycles. The van der Waals surface area contributed by atoms with Gasteiger partial charge in [0.1, 0.15) is 25.0 Å². The molecule has 4 N–H and O–H groups in total. The van der Waals surface area contributed by atoms with E-state index in [2.05, 4.69) is 12.1 Å². The van der Waals surface area contributed by atoms with Crippen molar-refractivity contribution in [1.29, 1.82) is 0 Å². The van der Waals surface area contributed by atoms with Gasteiger partial charge < -0.3 is 9.47 Å². The minimum absolute atomic E-state index is 0.195. The van der Waals surface area contributed by atoms with Gasteiger partial charge in [-0.15, -0.1) is 0 Å². The van der Waals surface area contributed by atoms with Crippen LogP contribution in [0.25, 0.3) is 11.1 Å². The molecule has 0 spiro atoms. The number of rotatable bonds is 4. The highest BCUT2D eigenvalue weighted by Crippen LogP contribution is 2.39. The number of ether oxygens (including phenoxy) is 2. The van der Waals surface area contributed by atoms with Crippen molar-refractivity contribution < 1.29 is 9.47 Å². The fourth-order valence-corrected chi connectivity index (χ4v) is 2.54. The Morgan fingerprint density at radius 1 is 0.789 bits per heavy atom. The molecule has 4 heteroatoms. The van der Waals surface area contributed by atoms with E-state index in [0.29, 0.717) is 0 Å². The molecule has 0 fully saturated rings. The van der Waals surface area contributed by atoms with Crippen LogP contribution in [0.5, 0.6) is 11.5 Å². The van der Waals surface area contributed by atoms with Crippen LogP contribution < -0.4 is 20.9 Å². The molecular formula is C15H16N2O2. The van der Waals surface area contributed by atoms with Gasteiger partial charge >= 0.3 is 0 Å². The van der Waals surface area contributed by atoms with Gasteiger partial charge in [-0.05, 0) is 52.9 Å². The van der Waals surface area contributed by atoms with Gasteiger partial charge in [0.05, 0.1) is 0 Å². The Morgan fingerprint density at radius 2 is 1.26 bits per heavy atom. The van der Waals surface area contributed by atoms with E-state index in [9.17, 15) is 0 Å². The SMILES string of the molecule is NCOc1ccc2c(c1)Cc1cc(OCN)ccc1-2. The molecule has 0 radical (unpaired) electrons. The van der Waals surface area contributed by atoms with E-state index in [1.165, 1.54) is 22.3 Å². The molecule has 0 saturated carbocycles. The fraction of sp³-hybridized carbons (Fsp3) is 0.200. The molecule has 19 heavy (non-hydrogen) atoms. The summed E-state index contributed by atoms with van der Waals surface area (Å²) in [5, 5.41) is 0. The Labute approximate surface area is 111 Å². The zero-order valence-electron chi connectivity index (χ0n) is 10.6. The van der Waals surface area contributed by atoms with Crippen LogP contribution in [0.4, 0.5) is 0 Å². The first-order chi connectivity index (χ1) is 9.31. The number of fused-ring (bicyclic) bond motifs is 3. The largest absolute Gasteiger partial charge is 0.479 e. The molecular weight excluding hydrogens is 240 g/mol. The molecule has 0 bridgehead atoms. The van der Waals surface area contributed by atoms with Gasteiger partial charge in [-0.25, -0.2) is 0 Å². The van der Waals surface area contributed by atoms with Gasteiger partial charge in [0, 0.05) is 0 Å². The second-order valence-corrected chi connectivity index (χ2v) is 4.44. The molecule has 0 aromatic heterocycles. The maximum Gasteiger partial charge on any atom is 0.137 e. The first-order valence-corrected chi connectivity index (χ1v) is 6.24. The van der Waals surface area contributed by atoms with Crippen molar-refractivity contribution in [3.63, 3.8) is 0 Å². The Kier molecular flexibility index (Phi) is 3.11. The smallest absolute Gasteiger partial charge is 0.137 e. The molecule has 2 aromatic carbocycles. The summed E-state index contributed by atoms with van der Waals surface area (Å²) in [7, 11) is 0. The fourth-order valence-electron chi connectivity index (χ4n) is 2.54. The van der Waals surface area contributed by atoms with Crippen LogP contribution in [0, 0.1) is 0 Å². The van der Waals surface area contributed by atoms with Crippen molar-refractivity contribution in [2.24, 2.45) is 11.5 Å². The lowest BCUT2D eigenvalue weighted by atomic mass is 10.1. The first kappa shape index (κ1) is 12.0. The first-order valence-electron chi connectivity index (χ1n) is 6.24. The Bertz CT molecular complexity index is 558. The van der Waals surface area contributed by atoms with E-state index in [0.717, 1.165) is 17.9 Å². The van der Waals surface area contributed by atoms with Crippen molar-refractivity contribution in [1.82, 2.24) is 0 Å². The number of hydrogen-bond acceptors (Lipinski definition) is 4. The van der Waals surface area contributed by atoms with E-state index in [-0.39, 0.29) is 13.5 Å². The number of hydrogen-bond donors (Lipinski definition) is 2. The third-order valence-corrected chi connectivity index (χ3v) is 3.32. The molecule has 98 valence electrons. The summed E-state index contributed by atoms with van der Waals surface area (Å²) in [6, 6.07) is 12.2. The summed E-state index contributed by atoms with van der Waals surface area (Å²) in [5.41, 5.74) is 15.8. The molecule has 4 nitrogen and oxygen atoms in total. The van der Waals surface area contributed by atoms with Crippen LogP contribution >= 0.6 is 0 Å². The molecule has 0 aliphatic heterocycles. The highest BCUT2D eigenvalue weighted by Gasteiger charge is 2.19. The average Bonchev–Trinajstić information content (AvgIpc) is 2.76. The van der Waals surface area contributed by atoms with E-state index in [4.69, 9.17) is 20.9 Å². The molecule has 0 atom stereocenters. The van der Waals surface area contributed by atoms with Gasteiger partial charge in [0.25, 0.3) is 0 Å². The zero-order chi connectivity index (χ0) is 13.2. The summed E-state index contributed by atoms with van der Waals surface area (Å²) in [4.78, 5) is 0. The summed E-state index contributed by atoms with van der Waals surface area (Å²) in [6.45, 7) is 0.389. The lowest BCUT2D eigenvalue weighted by Gasteiger charge is -2.06. The van der Waals surface area contributed by atoms with Crippen LogP contribution in [-0.2, 0) is 6.42 Å². The predicted molar refractivity (Wildman–Crippen MR) is 74.0 cm³/mol. The zero-order valence-corrected chi connectivity index (χ0v) is 10.6. The molecule has 0 unspecified atom stereocenters. The van der Waals surface area contributed by atoms with Crippen LogP contribution in [0.2, 0.25) is 0 Å². The highest BCUT2D eigenvalue weighted by molar-refractivity contribution is 5.78. The van der Waals surface area contributed by atoms with Crippen LogP contribution in [-0.4, -0.2) is 13.5 Å². The Morgan fingerprint density at radius 3 is 1.68 bits per heavy atom. The number of nitrogens with two attached hydrogens (primary N) is 2. The molecule has 1 aliphatic carbocycles. The summed E-state index contributed by atoms with van der Waals surface area (Å²) < 4.78 is 10.7. The maximum absolute atomic E-state index is 5.39. The van der Waals surface area contributed by atoms with Gasteiger partial charge in [0.15, 0.2) is 0 Å². The normalized spacial score (nSPS) is 11.9. The molecule has 2 aromatic rings. The molecule has 0 saturated heterocycles. The summed E-state index contributed by atoms with van der Waals surface area (Å²) in [5.74, 6) is 1.62. The van der Waals surface area contributed by atoms with Crippen molar-refractivity contribution in [2.45, 2.75) is 6.42 Å². The Balaban J connectivity index is 1.96. The monoisotopic (exact) mass is 256 g/mol. The van der Waals surface area contributed by atoms with Crippen molar-refractivity contribution in [3.05, 3.63) is 47.5 Å². The lowest BCUT2D eigenvalue weighted by molar-refractivity contribution is 0.329. The summed E-state index contributed by atoms with van der Waals surface area (Å²) in [6.07, 6.45) is 0.883. The number of benzene rings is 2. The average molecular weight is 256 g/mol. The van der Waals surface area contributed by atoms with E-state index in [1.807, 2.05) is 24.3 Å². The quantitative estimate of drug-likeness (QED) is 0.699. The minimum Gasteiger partial charge on any atom is -0.479 e. The van der Waals surface area contributed by atoms with Crippen LogP contribution in [0.1, 0.15) is 11.1 Å². The maximum atomic E-state index is 5.39. The van der Waals surface area contributed by atoms with Crippen LogP contribution in [0.15, 0.2) is 36.4 Å². The van der Waals surface area contributed by atoms with Crippen molar-refractivity contribution in [2.75, 3.05) is 13.5 Å². The third kappa shape index (κ3) is 2.16. The summed E-state index contributed by atoms with van der Waals surface area (Å²) >= 11 is 0. The van der Waals surface area contributed by atoms with Crippen molar-refractivity contribution in [3.8, 4) is 22.6 Å². The van der Waals surface area contributed by atoms with Crippen molar-refractivity contribution >= 4 is 0 Å². The molecule has 3 rings (SSSR count). The Hall–Kier alpha value is -2.04. The topological polar surface area (TPSA) is 70.5 Å². The second-order valence-electron chi connectivity index (χ2n) is 4.44. The molecule has 0 amide bonds. The standard InChI is InChI=1S/C15H16N2O2/c16-8-18-12-1-3-14-10(6-12)5-11-7-13(19-9-17)2-4-15(11)14/h1-4,6-7H,5,8-9,16-17H2. The van der Waals surface area contributed by atoms with Gasteiger partial charge in [-0.2, -0.15) is 0 Å². The van der Waals surface area contributed by atoms with Gasteiger partial charge in [-0.3, -0.25) is 11.5 Å². The van der Waals surface area contributed by atoms with E-state index >= 15 is 0 Å². The highest BCUT2D eigenvalue weighted by atomic mass is 16.5. The third-order valence-electron chi connectivity index (χ3n) is 3.32. The van der Waals surface area contributed by atoms with E-state index < -0.39 is 0 Å². The predicted octanol–water partition coefficient (Wildman–Crippen LogP) is 1.85. The van der Waals surface area contributed by atoms with Gasteiger partial charge in [0.2, 0.25) is 0 Å². The minimum atomic E-state index is 0.195. The van der Waals surface area contributed by atoms with Crippen LogP contribution in [0.3, 0.4) is 0 Å². The second kappa shape index (κ2) is 4.91.